The number of H-pyrrole nitrogens is 1. The molecule has 0 saturated heterocycles. The van der Waals surface area contributed by atoms with Crippen LogP contribution >= 0.6 is 23.4 Å². The summed E-state index contributed by atoms with van der Waals surface area (Å²) in [7, 11) is 3.65. The predicted octanol–water partition coefficient (Wildman–Crippen LogP) is 5.01. The van der Waals surface area contributed by atoms with Gasteiger partial charge < -0.3 is 15.0 Å². The number of aromatic nitrogens is 1. The van der Waals surface area contributed by atoms with Crippen LogP contribution in [0.25, 0.3) is 10.9 Å². The molecule has 3 aromatic rings. The van der Waals surface area contributed by atoms with E-state index in [0.29, 0.717) is 0 Å². The second kappa shape index (κ2) is 6.87. The Balaban J connectivity index is 2.07. The van der Waals surface area contributed by atoms with E-state index in [1.165, 1.54) is 15.8 Å². The molecule has 0 amide bonds. The molecule has 1 heterocycles. The third-order valence-corrected chi connectivity index (χ3v) is 5.23. The van der Waals surface area contributed by atoms with Crippen LogP contribution < -0.4 is 10.1 Å². The Kier molecular flexibility index (Phi) is 4.85. The molecule has 0 atom stereocenters. The molecule has 1 aromatic heterocycles. The van der Waals surface area contributed by atoms with Crippen LogP contribution in [-0.4, -0.2) is 19.1 Å². The fraction of sp³-hybridized carbons (Fsp3) is 0.222. The van der Waals surface area contributed by atoms with E-state index in [-0.39, 0.29) is 0 Å². The van der Waals surface area contributed by atoms with Crippen molar-refractivity contribution in [3.63, 3.8) is 0 Å². The Morgan fingerprint density at radius 3 is 2.78 bits per heavy atom. The minimum absolute atomic E-state index is 0.751. The summed E-state index contributed by atoms with van der Waals surface area (Å²) in [5.74, 6) is 0.903. The van der Waals surface area contributed by atoms with Gasteiger partial charge in [-0.15, -0.1) is 0 Å². The van der Waals surface area contributed by atoms with Gasteiger partial charge in [-0.25, -0.2) is 0 Å². The lowest BCUT2D eigenvalue weighted by molar-refractivity contribution is 0.412. The normalized spacial score (nSPS) is 11.1. The minimum atomic E-state index is 0.751. The third kappa shape index (κ3) is 3.20. The minimum Gasteiger partial charge on any atom is -0.496 e. The maximum atomic E-state index is 6.19. The van der Waals surface area contributed by atoms with E-state index in [1.807, 2.05) is 31.4 Å². The number of nitrogens with one attached hydrogen (secondary N) is 2. The topological polar surface area (TPSA) is 37.0 Å². The van der Waals surface area contributed by atoms with Gasteiger partial charge in [0.25, 0.3) is 0 Å². The van der Waals surface area contributed by atoms with E-state index in [4.69, 9.17) is 16.3 Å². The van der Waals surface area contributed by atoms with Gasteiger partial charge in [0, 0.05) is 44.0 Å². The zero-order valence-corrected chi connectivity index (χ0v) is 14.9. The first-order valence-electron chi connectivity index (χ1n) is 7.39. The van der Waals surface area contributed by atoms with Gasteiger partial charge in [-0.2, -0.15) is 0 Å². The third-order valence-electron chi connectivity index (χ3n) is 3.86. The maximum absolute atomic E-state index is 6.19. The lowest BCUT2D eigenvalue weighted by Crippen LogP contribution is -2.05. The summed E-state index contributed by atoms with van der Waals surface area (Å²) >= 11 is 7.92. The fourth-order valence-corrected chi connectivity index (χ4v) is 4.14. The molecule has 0 spiro atoms. The number of hydrogen-bond donors (Lipinski definition) is 2. The first-order valence-corrected chi connectivity index (χ1v) is 8.59. The van der Waals surface area contributed by atoms with E-state index in [0.717, 1.165) is 33.3 Å². The highest BCUT2D eigenvalue weighted by molar-refractivity contribution is 7.99. The van der Waals surface area contributed by atoms with Gasteiger partial charge >= 0.3 is 0 Å². The molecule has 3 nitrogen and oxygen atoms in total. The summed E-state index contributed by atoms with van der Waals surface area (Å²) in [4.78, 5) is 5.68. The highest BCUT2D eigenvalue weighted by Crippen LogP contribution is 2.39. The zero-order valence-electron chi connectivity index (χ0n) is 13.4. The van der Waals surface area contributed by atoms with Crippen LogP contribution in [0.15, 0.2) is 46.3 Å². The van der Waals surface area contributed by atoms with Crippen LogP contribution in [-0.2, 0) is 6.54 Å². The second-order valence-electron chi connectivity index (χ2n) is 5.35. The number of ether oxygens (including phenoxy) is 1. The molecule has 5 heteroatoms. The van der Waals surface area contributed by atoms with Crippen LogP contribution in [0, 0.1) is 6.92 Å². The summed E-state index contributed by atoms with van der Waals surface area (Å²) in [5, 5.41) is 5.16. The number of fused-ring (bicyclic) bond motifs is 1. The van der Waals surface area contributed by atoms with Gasteiger partial charge in [0.05, 0.1) is 7.11 Å². The average Bonchev–Trinajstić information content (AvgIpc) is 2.94. The van der Waals surface area contributed by atoms with Crippen molar-refractivity contribution in [3.8, 4) is 5.75 Å². The highest BCUT2D eigenvalue weighted by atomic mass is 35.5. The van der Waals surface area contributed by atoms with Crippen molar-refractivity contribution in [2.24, 2.45) is 0 Å². The Morgan fingerprint density at radius 1 is 1.22 bits per heavy atom. The Hall–Kier alpha value is -1.62. The number of methoxy groups -OCH3 is 1. The summed E-state index contributed by atoms with van der Waals surface area (Å²) in [6.45, 7) is 2.90. The van der Waals surface area contributed by atoms with Crippen LogP contribution in [0.1, 0.15) is 11.1 Å². The van der Waals surface area contributed by atoms with Crippen LogP contribution in [0.5, 0.6) is 5.75 Å². The molecule has 0 unspecified atom stereocenters. The zero-order chi connectivity index (χ0) is 16.4. The standard InChI is InChI=1S/C18H19ClN2OS/c1-11-15(22-3)7-6-14-18(11)17(10-21-14)23-16-8-13(19)5-4-12(16)9-20-2/h4-8,10,20-21H,9H2,1-3H3. The van der Waals surface area contributed by atoms with Crippen molar-refractivity contribution in [1.29, 1.82) is 0 Å². The SMILES string of the molecule is CNCc1ccc(Cl)cc1Sc1c[nH]c2ccc(OC)c(C)c12. The molecule has 120 valence electrons. The van der Waals surface area contributed by atoms with E-state index in [2.05, 4.69) is 29.4 Å². The number of rotatable bonds is 5. The van der Waals surface area contributed by atoms with Crippen LogP contribution in [0.2, 0.25) is 5.02 Å². The molecule has 3 rings (SSSR count). The second-order valence-corrected chi connectivity index (χ2v) is 6.87. The number of aryl methyl sites for hydroxylation is 1. The molecule has 0 aliphatic carbocycles. The fourth-order valence-electron chi connectivity index (χ4n) is 2.73. The molecule has 2 N–H and O–H groups in total. The van der Waals surface area contributed by atoms with Crippen molar-refractivity contribution in [3.05, 3.63) is 52.7 Å². The molecule has 0 saturated carbocycles. The number of benzene rings is 2. The van der Waals surface area contributed by atoms with E-state index in [9.17, 15) is 0 Å². The van der Waals surface area contributed by atoms with Crippen molar-refractivity contribution < 1.29 is 4.74 Å². The molecular formula is C18H19ClN2OS. The highest BCUT2D eigenvalue weighted by Gasteiger charge is 2.13. The Labute approximate surface area is 145 Å². The number of halogens is 1. The van der Waals surface area contributed by atoms with Crippen molar-refractivity contribution >= 4 is 34.3 Å². The van der Waals surface area contributed by atoms with Gasteiger partial charge in [0.1, 0.15) is 5.75 Å². The molecule has 0 fully saturated rings. The van der Waals surface area contributed by atoms with Crippen molar-refractivity contribution in [2.45, 2.75) is 23.3 Å². The molecule has 0 radical (unpaired) electrons. The molecule has 0 aliphatic heterocycles. The van der Waals surface area contributed by atoms with Gasteiger partial charge in [-0.05, 0) is 43.8 Å². The largest absolute Gasteiger partial charge is 0.496 e. The first-order chi connectivity index (χ1) is 11.1. The monoisotopic (exact) mass is 346 g/mol. The van der Waals surface area contributed by atoms with Crippen molar-refractivity contribution in [1.82, 2.24) is 10.3 Å². The lowest BCUT2D eigenvalue weighted by Gasteiger charge is -2.10. The Morgan fingerprint density at radius 2 is 2.04 bits per heavy atom. The van der Waals surface area contributed by atoms with Gasteiger partial charge in [-0.1, -0.05) is 29.4 Å². The van der Waals surface area contributed by atoms with E-state index in [1.54, 1.807) is 18.9 Å². The van der Waals surface area contributed by atoms with Gasteiger partial charge in [0.2, 0.25) is 0 Å². The van der Waals surface area contributed by atoms with Crippen LogP contribution in [0.4, 0.5) is 0 Å². The maximum Gasteiger partial charge on any atom is 0.122 e. The summed E-state index contributed by atoms with van der Waals surface area (Å²) in [6.07, 6.45) is 2.05. The summed E-state index contributed by atoms with van der Waals surface area (Å²) in [5.41, 5.74) is 3.49. The number of aromatic amines is 1. The predicted molar refractivity (Wildman–Crippen MR) is 97.9 cm³/mol. The van der Waals surface area contributed by atoms with E-state index < -0.39 is 0 Å². The first kappa shape index (κ1) is 16.2. The summed E-state index contributed by atoms with van der Waals surface area (Å²) < 4.78 is 5.45. The molecule has 0 aliphatic rings. The molecule has 0 bridgehead atoms. The van der Waals surface area contributed by atoms with Gasteiger partial charge in [-0.3, -0.25) is 0 Å². The lowest BCUT2D eigenvalue weighted by atomic mass is 10.1. The van der Waals surface area contributed by atoms with Crippen LogP contribution in [0.3, 0.4) is 0 Å². The van der Waals surface area contributed by atoms with Crippen molar-refractivity contribution in [2.75, 3.05) is 14.2 Å². The quantitative estimate of drug-likeness (QED) is 0.682. The molecule has 2 aromatic carbocycles. The number of hydrogen-bond acceptors (Lipinski definition) is 3. The molecule has 23 heavy (non-hydrogen) atoms. The van der Waals surface area contributed by atoms with E-state index >= 15 is 0 Å². The molecular weight excluding hydrogens is 328 g/mol. The van der Waals surface area contributed by atoms with Gasteiger partial charge in [0.15, 0.2) is 0 Å². The average molecular weight is 347 g/mol. The smallest absolute Gasteiger partial charge is 0.122 e. The Bertz CT molecular complexity index is 844. The summed E-state index contributed by atoms with van der Waals surface area (Å²) in [6, 6.07) is 10.1.